The van der Waals surface area contributed by atoms with Crippen LogP contribution in [0.3, 0.4) is 0 Å². The Morgan fingerprint density at radius 3 is 2.27 bits per heavy atom. The zero-order valence-corrected chi connectivity index (χ0v) is 24.2. The van der Waals surface area contributed by atoms with E-state index in [1.165, 1.54) is 35.2 Å². The van der Waals surface area contributed by atoms with Crippen LogP contribution >= 0.6 is 23.2 Å². The number of hydrogen-bond acceptors (Lipinski definition) is 4. The molecule has 0 unspecified atom stereocenters. The molecule has 0 spiro atoms. The van der Waals surface area contributed by atoms with Crippen LogP contribution < -0.4 is 9.62 Å². The van der Waals surface area contributed by atoms with Gasteiger partial charge in [0.15, 0.2) is 0 Å². The standard InChI is InChI=1S/C29H30Cl2FN3O4S/c1-20(29(37)33-24-7-5-6-8-24)34(18-21-11-12-22(30)17-27(21)31)28(36)19-35(25-15-13-23(32)14-16-25)40(38,39)26-9-3-2-4-10-26/h2-4,9-17,20,24H,5-8,18-19H2,1H3,(H,33,37)/t20-/m0/s1. The minimum absolute atomic E-state index is 0.0280. The molecular weight excluding hydrogens is 576 g/mol. The van der Waals surface area contributed by atoms with Crippen molar-refractivity contribution >= 4 is 50.7 Å². The first kappa shape index (κ1) is 29.8. The Hall–Kier alpha value is -3.14. The molecule has 1 aliphatic rings. The molecule has 0 heterocycles. The number of anilines is 1. The molecule has 3 aromatic carbocycles. The van der Waals surface area contributed by atoms with Crippen molar-refractivity contribution in [1.82, 2.24) is 10.2 Å². The van der Waals surface area contributed by atoms with Gasteiger partial charge in [0, 0.05) is 22.6 Å². The summed E-state index contributed by atoms with van der Waals surface area (Å²) in [4.78, 5) is 28.5. The molecule has 1 atom stereocenters. The zero-order chi connectivity index (χ0) is 28.9. The average molecular weight is 607 g/mol. The van der Waals surface area contributed by atoms with E-state index in [1.54, 1.807) is 37.3 Å². The summed E-state index contributed by atoms with van der Waals surface area (Å²) in [6.45, 7) is 0.909. The SMILES string of the molecule is C[C@@H](C(=O)NC1CCCC1)N(Cc1ccc(Cl)cc1Cl)C(=O)CN(c1ccc(F)cc1)S(=O)(=O)c1ccccc1. The monoisotopic (exact) mass is 605 g/mol. The number of benzene rings is 3. The highest BCUT2D eigenvalue weighted by atomic mass is 35.5. The number of nitrogens with zero attached hydrogens (tertiary/aromatic N) is 2. The Kier molecular flexibility index (Phi) is 9.71. The molecule has 1 aliphatic carbocycles. The van der Waals surface area contributed by atoms with Crippen molar-refractivity contribution in [3.63, 3.8) is 0 Å². The summed E-state index contributed by atoms with van der Waals surface area (Å²) in [6.07, 6.45) is 3.77. The lowest BCUT2D eigenvalue weighted by atomic mass is 10.1. The van der Waals surface area contributed by atoms with Crippen molar-refractivity contribution in [3.05, 3.63) is 94.2 Å². The molecule has 0 saturated heterocycles. The Morgan fingerprint density at radius 2 is 1.65 bits per heavy atom. The van der Waals surface area contributed by atoms with E-state index in [4.69, 9.17) is 23.2 Å². The molecule has 0 radical (unpaired) electrons. The quantitative estimate of drug-likeness (QED) is 0.316. The van der Waals surface area contributed by atoms with E-state index in [2.05, 4.69) is 5.32 Å². The van der Waals surface area contributed by atoms with E-state index < -0.39 is 34.3 Å². The van der Waals surface area contributed by atoms with Gasteiger partial charge in [-0.2, -0.15) is 0 Å². The van der Waals surface area contributed by atoms with Gasteiger partial charge in [-0.3, -0.25) is 13.9 Å². The third-order valence-electron chi connectivity index (χ3n) is 6.95. The molecule has 0 bridgehead atoms. The number of carbonyl (C=O) groups excluding carboxylic acids is 2. The minimum Gasteiger partial charge on any atom is -0.352 e. The highest BCUT2D eigenvalue weighted by molar-refractivity contribution is 7.92. The second-order valence-electron chi connectivity index (χ2n) is 9.72. The minimum atomic E-state index is -4.23. The van der Waals surface area contributed by atoms with Crippen molar-refractivity contribution in [2.24, 2.45) is 0 Å². The summed E-state index contributed by atoms with van der Waals surface area (Å²) in [7, 11) is -4.23. The molecule has 7 nitrogen and oxygen atoms in total. The van der Waals surface area contributed by atoms with E-state index in [-0.39, 0.29) is 29.1 Å². The second-order valence-corrected chi connectivity index (χ2v) is 12.4. The smallest absolute Gasteiger partial charge is 0.264 e. The predicted octanol–water partition coefficient (Wildman–Crippen LogP) is 5.80. The van der Waals surface area contributed by atoms with E-state index in [0.717, 1.165) is 42.1 Å². The van der Waals surface area contributed by atoms with Gasteiger partial charge < -0.3 is 10.2 Å². The van der Waals surface area contributed by atoms with Crippen molar-refractivity contribution in [2.45, 2.75) is 56.1 Å². The zero-order valence-electron chi connectivity index (χ0n) is 21.9. The lowest BCUT2D eigenvalue weighted by Crippen LogP contribution is -2.52. The Balaban J connectivity index is 1.69. The topological polar surface area (TPSA) is 86.8 Å². The molecule has 11 heteroatoms. The molecule has 1 saturated carbocycles. The fourth-order valence-corrected chi connectivity index (χ4v) is 6.57. The highest BCUT2D eigenvalue weighted by Gasteiger charge is 2.33. The third kappa shape index (κ3) is 7.13. The molecule has 3 aromatic rings. The second kappa shape index (κ2) is 13.0. The van der Waals surface area contributed by atoms with Gasteiger partial charge in [0.25, 0.3) is 10.0 Å². The fraction of sp³-hybridized carbons (Fsp3) is 0.310. The number of hydrogen-bond donors (Lipinski definition) is 1. The van der Waals surface area contributed by atoms with E-state index >= 15 is 0 Å². The first-order valence-corrected chi connectivity index (χ1v) is 15.1. The first-order valence-electron chi connectivity index (χ1n) is 12.9. The van der Waals surface area contributed by atoms with Crippen LogP contribution in [0.2, 0.25) is 10.0 Å². The molecule has 0 aromatic heterocycles. The van der Waals surface area contributed by atoms with Crippen LogP contribution in [0.25, 0.3) is 0 Å². The lowest BCUT2D eigenvalue weighted by Gasteiger charge is -2.32. The first-order chi connectivity index (χ1) is 19.1. The predicted molar refractivity (Wildman–Crippen MR) is 154 cm³/mol. The molecule has 212 valence electrons. The Bertz CT molecular complexity index is 1450. The van der Waals surface area contributed by atoms with Crippen LogP contribution in [0.5, 0.6) is 0 Å². The van der Waals surface area contributed by atoms with Gasteiger partial charge in [-0.1, -0.05) is 60.3 Å². The number of halogens is 3. The van der Waals surface area contributed by atoms with Gasteiger partial charge in [0.1, 0.15) is 18.4 Å². The molecule has 40 heavy (non-hydrogen) atoms. The summed E-state index contributed by atoms with van der Waals surface area (Å²) in [5.41, 5.74) is 0.644. The fourth-order valence-electron chi connectivity index (χ4n) is 4.66. The molecule has 2 amide bonds. The number of sulfonamides is 1. The summed E-state index contributed by atoms with van der Waals surface area (Å²) in [5.74, 6) is -1.53. The maximum absolute atomic E-state index is 13.9. The largest absolute Gasteiger partial charge is 0.352 e. The van der Waals surface area contributed by atoms with Crippen molar-refractivity contribution in [2.75, 3.05) is 10.8 Å². The molecular formula is C29H30Cl2FN3O4S. The van der Waals surface area contributed by atoms with Crippen LogP contribution in [-0.2, 0) is 26.2 Å². The number of carbonyl (C=O) groups is 2. The van der Waals surface area contributed by atoms with Crippen molar-refractivity contribution < 1.29 is 22.4 Å². The van der Waals surface area contributed by atoms with E-state index in [0.29, 0.717) is 15.6 Å². The Labute approximate surface area is 243 Å². The molecule has 0 aliphatic heterocycles. The van der Waals surface area contributed by atoms with Gasteiger partial charge >= 0.3 is 0 Å². The molecule has 1 fully saturated rings. The number of amides is 2. The van der Waals surface area contributed by atoms with Crippen LogP contribution in [0.1, 0.15) is 38.2 Å². The molecule has 4 rings (SSSR count). The van der Waals surface area contributed by atoms with Crippen LogP contribution in [0.15, 0.2) is 77.7 Å². The number of nitrogens with one attached hydrogen (secondary N) is 1. The highest BCUT2D eigenvalue weighted by Crippen LogP contribution is 2.27. The van der Waals surface area contributed by atoms with Crippen molar-refractivity contribution in [3.8, 4) is 0 Å². The van der Waals surface area contributed by atoms with Gasteiger partial charge in [0.2, 0.25) is 11.8 Å². The van der Waals surface area contributed by atoms with Crippen LogP contribution in [-0.4, -0.2) is 43.8 Å². The van der Waals surface area contributed by atoms with E-state index in [9.17, 15) is 22.4 Å². The maximum Gasteiger partial charge on any atom is 0.264 e. The summed E-state index contributed by atoms with van der Waals surface area (Å²) in [5, 5.41) is 3.73. The van der Waals surface area contributed by atoms with Gasteiger partial charge in [-0.15, -0.1) is 0 Å². The normalized spacial score (nSPS) is 14.5. The maximum atomic E-state index is 13.9. The third-order valence-corrected chi connectivity index (χ3v) is 9.32. The summed E-state index contributed by atoms with van der Waals surface area (Å²) in [6, 6.07) is 16.4. The number of rotatable bonds is 10. The van der Waals surface area contributed by atoms with Gasteiger partial charge in [-0.05, 0) is 73.9 Å². The van der Waals surface area contributed by atoms with Crippen molar-refractivity contribution in [1.29, 1.82) is 0 Å². The lowest BCUT2D eigenvalue weighted by molar-refractivity contribution is -0.139. The van der Waals surface area contributed by atoms with E-state index in [1.807, 2.05) is 0 Å². The summed E-state index contributed by atoms with van der Waals surface area (Å²) < 4.78 is 42.1. The van der Waals surface area contributed by atoms with Gasteiger partial charge in [0.05, 0.1) is 10.6 Å². The van der Waals surface area contributed by atoms with Gasteiger partial charge in [-0.25, -0.2) is 12.8 Å². The van der Waals surface area contributed by atoms with Crippen LogP contribution in [0, 0.1) is 5.82 Å². The average Bonchev–Trinajstić information content (AvgIpc) is 3.45. The molecule has 1 N–H and O–H groups in total. The summed E-state index contributed by atoms with van der Waals surface area (Å²) >= 11 is 12.5. The Morgan fingerprint density at radius 1 is 1.00 bits per heavy atom. The van der Waals surface area contributed by atoms with Crippen LogP contribution in [0.4, 0.5) is 10.1 Å².